The fourth-order valence-corrected chi connectivity index (χ4v) is 8.70. The van der Waals surface area contributed by atoms with Crippen molar-refractivity contribution in [2.75, 3.05) is 13.1 Å². The molecule has 1 atom stereocenters. The van der Waals surface area contributed by atoms with Gasteiger partial charge in [-0.25, -0.2) is 26.4 Å². The van der Waals surface area contributed by atoms with E-state index in [1.165, 1.54) is 24.1 Å². The molecule has 2 heterocycles. The van der Waals surface area contributed by atoms with Crippen molar-refractivity contribution in [3.63, 3.8) is 0 Å². The Kier molecular flexibility index (Phi) is 8.48. The average molecular weight is 598 g/mol. The number of rotatable bonds is 9. The fraction of sp³-hybridized carbons (Fsp3) is 0.276. The lowest BCUT2D eigenvalue weighted by Gasteiger charge is -2.31. The summed E-state index contributed by atoms with van der Waals surface area (Å²) in [4.78, 5) is 13.0. The molecule has 11 heteroatoms. The molecule has 1 aliphatic heterocycles. The highest BCUT2D eigenvalue weighted by Crippen LogP contribution is 2.36. The highest BCUT2D eigenvalue weighted by molar-refractivity contribution is 7.98. The molecule has 3 aromatic carbocycles. The van der Waals surface area contributed by atoms with Crippen LogP contribution < -0.4 is 4.72 Å². The number of piperidine rings is 1. The summed E-state index contributed by atoms with van der Waals surface area (Å²) in [6.45, 7) is 4.95. The average Bonchev–Trinajstić information content (AvgIpc) is 3.33. The molecule has 1 aliphatic rings. The van der Waals surface area contributed by atoms with Crippen LogP contribution in [-0.4, -0.2) is 51.1 Å². The third-order valence-corrected chi connectivity index (χ3v) is 10.9. The van der Waals surface area contributed by atoms with Gasteiger partial charge in [-0.3, -0.25) is 3.97 Å². The van der Waals surface area contributed by atoms with Gasteiger partial charge in [0.05, 0.1) is 16.0 Å². The molecule has 1 unspecified atom stereocenters. The third-order valence-electron chi connectivity index (χ3n) is 6.94. The van der Waals surface area contributed by atoms with E-state index in [1.807, 2.05) is 52.5 Å². The van der Waals surface area contributed by atoms with Gasteiger partial charge in [0.25, 0.3) is 0 Å². The molecule has 8 nitrogen and oxygen atoms in total. The first kappa shape index (κ1) is 28.6. The van der Waals surface area contributed by atoms with Gasteiger partial charge in [0.15, 0.2) is 0 Å². The van der Waals surface area contributed by atoms with Crippen LogP contribution in [-0.2, 0) is 21.0 Å². The Morgan fingerprint density at radius 1 is 1.02 bits per heavy atom. The molecule has 40 heavy (non-hydrogen) atoms. The number of aromatic nitrogens is 1. The van der Waals surface area contributed by atoms with E-state index in [-0.39, 0.29) is 22.4 Å². The van der Waals surface area contributed by atoms with Gasteiger partial charge >= 0.3 is 5.97 Å². The van der Waals surface area contributed by atoms with Gasteiger partial charge in [0, 0.05) is 35.6 Å². The van der Waals surface area contributed by atoms with Crippen LogP contribution in [0.25, 0.3) is 10.9 Å². The minimum atomic E-state index is -3.86. The van der Waals surface area contributed by atoms with Crippen LogP contribution in [0.15, 0.2) is 93.7 Å². The van der Waals surface area contributed by atoms with Gasteiger partial charge in [0.1, 0.15) is 15.9 Å². The molecule has 0 aliphatic carbocycles. The van der Waals surface area contributed by atoms with Gasteiger partial charge in [-0.15, -0.1) is 0 Å². The second-order valence-corrected chi connectivity index (χ2v) is 14.2. The number of aromatic carboxylic acids is 1. The summed E-state index contributed by atoms with van der Waals surface area (Å²) in [5, 5.41) is 9.97. The molecule has 0 bridgehead atoms. The zero-order valence-electron chi connectivity index (χ0n) is 22.2. The minimum absolute atomic E-state index is 0.0823. The number of nitrogens with zero attached hydrogens (tertiary/aromatic N) is 2. The monoisotopic (exact) mass is 597 g/mol. The van der Waals surface area contributed by atoms with E-state index in [9.17, 15) is 22.5 Å². The van der Waals surface area contributed by atoms with E-state index in [0.717, 1.165) is 21.4 Å². The molecule has 1 aromatic heterocycles. The standard InChI is InChI=1S/C29H31N3O5S3/c1-20(2)25-12-7-13-26-28(25)27(19-32(26)38-23-9-4-3-5-10-23)40(36,37)30-22-14-16-31(17-15-22)39(35)24-11-6-8-21(18-24)29(33)34/h3-13,18-20,22,30H,14-17H2,1-2H3,(H,33,34). The molecule has 0 saturated carbocycles. The van der Waals surface area contributed by atoms with Gasteiger partial charge in [-0.05, 0) is 72.7 Å². The van der Waals surface area contributed by atoms with E-state index < -0.39 is 27.0 Å². The topological polar surface area (TPSA) is 109 Å². The number of carboxylic acids is 1. The summed E-state index contributed by atoms with van der Waals surface area (Å²) < 4.78 is 47.3. The highest BCUT2D eigenvalue weighted by Gasteiger charge is 2.30. The number of hydrogen-bond acceptors (Lipinski definition) is 5. The van der Waals surface area contributed by atoms with Crippen LogP contribution in [0.5, 0.6) is 0 Å². The first-order valence-corrected chi connectivity index (χ1v) is 16.4. The van der Waals surface area contributed by atoms with Crippen LogP contribution >= 0.6 is 11.9 Å². The van der Waals surface area contributed by atoms with E-state index in [2.05, 4.69) is 18.6 Å². The van der Waals surface area contributed by atoms with Crippen molar-refractivity contribution >= 4 is 49.8 Å². The summed E-state index contributed by atoms with van der Waals surface area (Å²) in [6.07, 6.45) is 2.67. The summed E-state index contributed by atoms with van der Waals surface area (Å²) >= 11 is 1.47. The minimum Gasteiger partial charge on any atom is -0.478 e. The molecule has 2 N–H and O–H groups in total. The Bertz CT molecular complexity index is 1660. The molecule has 210 valence electrons. The first-order chi connectivity index (χ1) is 19.1. The second kappa shape index (κ2) is 11.9. The van der Waals surface area contributed by atoms with Crippen molar-refractivity contribution in [3.05, 3.63) is 90.1 Å². The summed E-state index contributed by atoms with van der Waals surface area (Å²) in [5.74, 6) is -0.941. The molecule has 0 spiro atoms. The van der Waals surface area contributed by atoms with E-state index >= 15 is 0 Å². The number of carboxylic acid groups (broad SMARTS) is 1. The highest BCUT2D eigenvalue weighted by atomic mass is 32.2. The van der Waals surface area contributed by atoms with E-state index in [4.69, 9.17) is 0 Å². The molecule has 1 fully saturated rings. The van der Waals surface area contributed by atoms with Crippen molar-refractivity contribution in [2.24, 2.45) is 0 Å². The fourth-order valence-electron chi connectivity index (χ4n) is 4.91. The van der Waals surface area contributed by atoms with Crippen molar-refractivity contribution in [2.45, 2.75) is 53.3 Å². The lowest BCUT2D eigenvalue weighted by molar-refractivity contribution is 0.0696. The van der Waals surface area contributed by atoms with Crippen LogP contribution in [0.4, 0.5) is 0 Å². The maximum atomic E-state index is 13.8. The van der Waals surface area contributed by atoms with E-state index in [0.29, 0.717) is 30.8 Å². The largest absolute Gasteiger partial charge is 0.478 e. The lowest BCUT2D eigenvalue weighted by atomic mass is 9.99. The molecule has 4 aromatic rings. The number of benzene rings is 3. The predicted octanol–water partition coefficient (Wildman–Crippen LogP) is 5.48. The zero-order valence-corrected chi connectivity index (χ0v) is 24.6. The van der Waals surface area contributed by atoms with Crippen LogP contribution in [0.1, 0.15) is 48.5 Å². The first-order valence-electron chi connectivity index (χ1n) is 13.0. The molecule has 1 saturated heterocycles. The Labute approximate surface area is 241 Å². The Hall–Kier alpha value is -2.96. The maximum Gasteiger partial charge on any atom is 0.335 e. The van der Waals surface area contributed by atoms with Crippen molar-refractivity contribution in [1.29, 1.82) is 0 Å². The summed E-state index contributed by atoms with van der Waals surface area (Å²) in [6, 6.07) is 21.5. The molecule has 0 amide bonds. The molecule has 5 rings (SSSR count). The van der Waals surface area contributed by atoms with Gasteiger partial charge < -0.3 is 5.11 Å². The number of sulfonamides is 1. The molecule has 0 radical (unpaired) electrons. The van der Waals surface area contributed by atoms with Gasteiger partial charge in [0.2, 0.25) is 10.0 Å². The molecular weight excluding hydrogens is 567 g/mol. The zero-order chi connectivity index (χ0) is 28.4. The summed E-state index contributed by atoms with van der Waals surface area (Å²) in [5.41, 5.74) is 1.90. The van der Waals surface area contributed by atoms with E-state index in [1.54, 1.807) is 22.6 Å². The van der Waals surface area contributed by atoms with Gasteiger partial charge in [-0.2, -0.15) is 0 Å². The lowest BCUT2D eigenvalue weighted by Crippen LogP contribution is -2.45. The normalized spacial score (nSPS) is 16.0. The van der Waals surface area contributed by atoms with Crippen LogP contribution in [0, 0.1) is 0 Å². The van der Waals surface area contributed by atoms with Crippen LogP contribution in [0.3, 0.4) is 0 Å². The smallest absolute Gasteiger partial charge is 0.335 e. The number of fused-ring (bicyclic) bond motifs is 1. The Morgan fingerprint density at radius 3 is 2.40 bits per heavy atom. The number of nitrogens with one attached hydrogen (secondary N) is 1. The summed E-state index contributed by atoms with van der Waals surface area (Å²) in [7, 11) is -5.39. The predicted molar refractivity (Wildman–Crippen MR) is 158 cm³/mol. The molecular formula is C29H31N3O5S3. The van der Waals surface area contributed by atoms with Crippen molar-refractivity contribution < 1.29 is 22.5 Å². The van der Waals surface area contributed by atoms with Gasteiger partial charge in [-0.1, -0.05) is 50.2 Å². The number of carbonyl (C=O) groups is 1. The Balaban J connectivity index is 1.36. The van der Waals surface area contributed by atoms with Crippen molar-refractivity contribution in [3.8, 4) is 0 Å². The Morgan fingerprint density at radius 2 is 1.73 bits per heavy atom. The maximum absolute atomic E-state index is 13.8. The second-order valence-electron chi connectivity index (χ2n) is 10.0. The van der Waals surface area contributed by atoms with Crippen molar-refractivity contribution in [1.82, 2.24) is 13.0 Å². The quantitative estimate of drug-likeness (QED) is 0.264. The number of hydrogen-bond donors (Lipinski definition) is 2. The third kappa shape index (κ3) is 6.03. The van der Waals surface area contributed by atoms with Crippen LogP contribution in [0.2, 0.25) is 0 Å². The SMILES string of the molecule is CC(C)c1cccc2c1c(S(=O)(=O)NC1CCN(S(=O)c3cccc(C(=O)O)c3)CC1)cn2Sc1ccccc1.